The van der Waals surface area contributed by atoms with Gasteiger partial charge in [0.25, 0.3) is 0 Å². The Morgan fingerprint density at radius 3 is 2.47 bits per heavy atom. The van der Waals surface area contributed by atoms with Crippen LogP contribution >= 0.6 is 0 Å². The van der Waals surface area contributed by atoms with Crippen molar-refractivity contribution in [1.82, 2.24) is 10.2 Å². The van der Waals surface area contributed by atoms with Gasteiger partial charge in [0.2, 0.25) is 0 Å². The summed E-state index contributed by atoms with van der Waals surface area (Å²) in [5.74, 6) is 0. The largest absolute Gasteiger partial charge is 0.370 e. The summed E-state index contributed by atoms with van der Waals surface area (Å²) in [6.45, 7) is 16.6. The minimum Gasteiger partial charge on any atom is -0.370 e. The highest BCUT2D eigenvalue weighted by atomic mass is 16.5. The molecule has 0 spiro atoms. The lowest BCUT2D eigenvalue weighted by Gasteiger charge is -2.47. The number of nitrogens with zero attached hydrogens (tertiary/aromatic N) is 1. The van der Waals surface area contributed by atoms with Crippen molar-refractivity contribution in [3.63, 3.8) is 0 Å². The molecule has 0 bridgehead atoms. The van der Waals surface area contributed by atoms with Gasteiger partial charge in [-0.15, -0.1) is 0 Å². The first-order valence-corrected chi connectivity index (χ1v) is 8.08. The van der Waals surface area contributed by atoms with Gasteiger partial charge in [-0.2, -0.15) is 0 Å². The first-order valence-electron chi connectivity index (χ1n) is 8.08. The number of hydrogen-bond donors (Lipinski definition) is 1. The molecule has 19 heavy (non-hydrogen) atoms. The molecular weight excluding hydrogens is 236 g/mol. The fourth-order valence-corrected chi connectivity index (χ4v) is 3.56. The van der Waals surface area contributed by atoms with E-state index in [1.54, 1.807) is 0 Å². The van der Waals surface area contributed by atoms with E-state index in [4.69, 9.17) is 4.74 Å². The highest BCUT2D eigenvalue weighted by Gasteiger charge is 2.36. The zero-order chi connectivity index (χ0) is 14.5. The summed E-state index contributed by atoms with van der Waals surface area (Å²) in [6, 6.07) is 1.24. The van der Waals surface area contributed by atoms with Crippen LogP contribution in [0, 0.1) is 0 Å². The molecule has 1 heterocycles. The molecule has 1 fully saturated rings. The van der Waals surface area contributed by atoms with E-state index >= 15 is 0 Å². The number of likely N-dealkylation sites (N-methyl/N-ethyl adjacent to an activating group) is 1. The fourth-order valence-electron chi connectivity index (χ4n) is 3.56. The highest BCUT2D eigenvalue weighted by molar-refractivity contribution is 4.91. The minimum absolute atomic E-state index is 0.0198. The Kier molecular flexibility index (Phi) is 6.78. The Balaban J connectivity index is 2.75. The van der Waals surface area contributed by atoms with Gasteiger partial charge < -0.3 is 10.1 Å². The van der Waals surface area contributed by atoms with Gasteiger partial charge in [-0.1, -0.05) is 27.2 Å². The maximum atomic E-state index is 6.04. The van der Waals surface area contributed by atoms with Gasteiger partial charge in [0.1, 0.15) is 0 Å². The molecule has 3 nitrogen and oxygen atoms in total. The van der Waals surface area contributed by atoms with Crippen LogP contribution in [0.1, 0.15) is 60.8 Å². The normalized spacial score (nSPS) is 27.2. The van der Waals surface area contributed by atoms with Gasteiger partial charge in [0, 0.05) is 25.2 Å². The number of rotatable bonds is 7. The first kappa shape index (κ1) is 16.9. The molecule has 0 saturated carbocycles. The summed E-state index contributed by atoms with van der Waals surface area (Å²) in [5.41, 5.74) is -0.0198. The monoisotopic (exact) mass is 270 g/mol. The van der Waals surface area contributed by atoms with Crippen LogP contribution in [-0.2, 0) is 4.74 Å². The summed E-state index contributed by atoms with van der Waals surface area (Å²) in [5, 5.41) is 3.69. The summed E-state index contributed by atoms with van der Waals surface area (Å²) < 4.78 is 6.04. The minimum atomic E-state index is -0.0198. The van der Waals surface area contributed by atoms with Crippen molar-refractivity contribution < 1.29 is 4.74 Å². The van der Waals surface area contributed by atoms with Gasteiger partial charge in [-0.3, -0.25) is 4.90 Å². The zero-order valence-corrected chi connectivity index (χ0v) is 13.8. The van der Waals surface area contributed by atoms with Crippen LogP contribution in [0.2, 0.25) is 0 Å². The van der Waals surface area contributed by atoms with Crippen LogP contribution < -0.4 is 5.32 Å². The Hall–Kier alpha value is -0.120. The average molecular weight is 270 g/mol. The molecule has 114 valence electrons. The SMILES string of the molecule is CCCC(NCC)C(CC)N1CC(C)OC(C)(C)C1. The molecular formula is C16H34N2O. The lowest BCUT2D eigenvalue weighted by atomic mass is 9.95. The second-order valence-electron chi connectivity index (χ2n) is 6.55. The Labute approximate surface area is 120 Å². The van der Waals surface area contributed by atoms with E-state index in [1.165, 1.54) is 19.3 Å². The molecule has 1 saturated heterocycles. The lowest BCUT2D eigenvalue weighted by Crippen LogP contribution is -2.59. The number of hydrogen-bond acceptors (Lipinski definition) is 3. The van der Waals surface area contributed by atoms with Crippen molar-refractivity contribution in [2.24, 2.45) is 0 Å². The van der Waals surface area contributed by atoms with Crippen LogP contribution in [0.15, 0.2) is 0 Å². The molecule has 0 aromatic heterocycles. The summed E-state index contributed by atoms with van der Waals surface area (Å²) in [4.78, 5) is 2.65. The van der Waals surface area contributed by atoms with Crippen LogP contribution in [0.4, 0.5) is 0 Å². The van der Waals surface area contributed by atoms with Crippen molar-refractivity contribution in [3.8, 4) is 0 Å². The molecule has 1 N–H and O–H groups in total. The molecule has 0 amide bonds. The van der Waals surface area contributed by atoms with Gasteiger partial charge in [-0.25, -0.2) is 0 Å². The number of morpholine rings is 1. The van der Waals surface area contributed by atoms with Crippen molar-refractivity contribution >= 4 is 0 Å². The van der Waals surface area contributed by atoms with Crippen molar-refractivity contribution in [2.45, 2.75) is 84.6 Å². The summed E-state index contributed by atoms with van der Waals surface area (Å²) in [6.07, 6.45) is 4.05. The van der Waals surface area contributed by atoms with E-state index in [0.717, 1.165) is 19.6 Å². The van der Waals surface area contributed by atoms with Gasteiger partial charge in [-0.05, 0) is 40.2 Å². The maximum absolute atomic E-state index is 6.04. The molecule has 0 aliphatic carbocycles. The predicted octanol–water partition coefficient (Wildman–Crippen LogP) is 3.04. The van der Waals surface area contributed by atoms with E-state index in [-0.39, 0.29) is 5.60 Å². The Morgan fingerprint density at radius 1 is 1.32 bits per heavy atom. The van der Waals surface area contributed by atoms with Crippen LogP contribution in [0.5, 0.6) is 0 Å². The third-order valence-corrected chi connectivity index (χ3v) is 4.01. The van der Waals surface area contributed by atoms with E-state index in [9.17, 15) is 0 Å². The zero-order valence-electron chi connectivity index (χ0n) is 13.8. The third kappa shape index (κ3) is 5.05. The predicted molar refractivity (Wildman–Crippen MR) is 82.7 cm³/mol. The number of ether oxygens (including phenoxy) is 1. The first-order chi connectivity index (χ1) is 8.93. The topological polar surface area (TPSA) is 24.5 Å². The van der Waals surface area contributed by atoms with Crippen LogP contribution in [-0.4, -0.2) is 48.3 Å². The second kappa shape index (κ2) is 7.61. The molecule has 0 radical (unpaired) electrons. The summed E-state index contributed by atoms with van der Waals surface area (Å²) in [7, 11) is 0. The van der Waals surface area contributed by atoms with Gasteiger partial charge in [0.15, 0.2) is 0 Å². The smallest absolute Gasteiger partial charge is 0.0757 e. The van der Waals surface area contributed by atoms with E-state index in [1.807, 2.05) is 0 Å². The summed E-state index contributed by atoms with van der Waals surface area (Å²) >= 11 is 0. The molecule has 1 rings (SSSR count). The van der Waals surface area contributed by atoms with Crippen LogP contribution in [0.25, 0.3) is 0 Å². The maximum Gasteiger partial charge on any atom is 0.0757 e. The number of nitrogens with one attached hydrogen (secondary N) is 1. The second-order valence-corrected chi connectivity index (χ2v) is 6.55. The van der Waals surface area contributed by atoms with Crippen LogP contribution in [0.3, 0.4) is 0 Å². The molecule has 1 aliphatic heterocycles. The Morgan fingerprint density at radius 2 is 2.00 bits per heavy atom. The fraction of sp³-hybridized carbons (Fsp3) is 1.00. The van der Waals surface area contributed by atoms with Crippen molar-refractivity contribution in [3.05, 3.63) is 0 Å². The van der Waals surface area contributed by atoms with Crippen molar-refractivity contribution in [1.29, 1.82) is 0 Å². The molecule has 0 aromatic carbocycles. The quantitative estimate of drug-likeness (QED) is 0.769. The van der Waals surface area contributed by atoms with E-state index in [0.29, 0.717) is 18.2 Å². The molecule has 0 aromatic rings. The van der Waals surface area contributed by atoms with E-state index < -0.39 is 0 Å². The Bertz CT molecular complexity index is 249. The standard InChI is InChI=1S/C16H34N2O/c1-7-10-14(17-9-3)15(8-2)18-11-13(4)19-16(5,6)12-18/h13-15,17H,7-12H2,1-6H3. The van der Waals surface area contributed by atoms with Gasteiger partial charge in [0.05, 0.1) is 11.7 Å². The lowest BCUT2D eigenvalue weighted by molar-refractivity contribution is -0.140. The third-order valence-electron chi connectivity index (χ3n) is 4.01. The van der Waals surface area contributed by atoms with E-state index in [2.05, 4.69) is 51.8 Å². The van der Waals surface area contributed by atoms with Crippen molar-refractivity contribution in [2.75, 3.05) is 19.6 Å². The molecule has 3 atom stereocenters. The average Bonchev–Trinajstić information content (AvgIpc) is 2.27. The highest BCUT2D eigenvalue weighted by Crippen LogP contribution is 2.25. The van der Waals surface area contributed by atoms with Gasteiger partial charge >= 0.3 is 0 Å². The molecule has 1 aliphatic rings. The molecule has 3 heteroatoms. The molecule has 3 unspecified atom stereocenters.